The molecule has 0 spiro atoms. The second-order valence-corrected chi connectivity index (χ2v) is 6.36. The molecule has 0 amide bonds. The molecule has 4 rings (SSSR count). The van der Waals surface area contributed by atoms with Gasteiger partial charge in [0.15, 0.2) is 0 Å². The maximum absolute atomic E-state index is 14.2. The lowest BCUT2D eigenvalue weighted by Crippen LogP contribution is -2.01. The molecule has 0 heterocycles. The Labute approximate surface area is 158 Å². The van der Waals surface area contributed by atoms with Crippen LogP contribution in [-0.4, -0.2) is 15.6 Å². The van der Waals surface area contributed by atoms with Gasteiger partial charge in [-0.2, -0.15) is 0 Å². The maximum Gasteiger partial charge on any atom is 0.284 e. The van der Waals surface area contributed by atoms with E-state index >= 15 is 0 Å². The summed E-state index contributed by atoms with van der Waals surface area (Å²) in [5.74, 6) is -0.558. The molecule has 3 aromatic carbocycles. The molecule has 0 aliphatic heterocycles. The highest BCUT2D eigenvalue weighted by molar-refractivity contribution is 6.26. The normalized spacial score (nSPS) is 13.3. The summed E-state index contributed by atoms with van der Waals surface area (Å²) in [6.07, 6.45) is 0. The average Bonchev–Trinajstić information content (AvgIpc) is 2.95. The first-order valence-corrected chi connectivity index (χ1v) is 8.28. The molecule has 28 heavy (non-hydrogen) atoms. The van der Waals surface area contributed by atoms with Crippen LogP contribution in [0, 0.1) is 33.0 Å². The van der Waals surface area contributed by atoms with E-state index in [9.17, 15) is 24.6 Å². The van der Waals surface area contributed by atoms with Crippen LogP contribution in [0.2, 0.25) is 0 Å². The Bertz CT molecular complexity index is 1200. The van der Waals surface area contributed by atoms with Crippen molar-refractivity contribution in [3.8, 4) is 11.1 Å². The second kappa shape index (κ2) is 6.34. The summed E-state index contributed by atoms with van der Waals surface area (Å²) < 4.78 is 14.2. The lowest BCUT2D eigenvalue weighted by atomic mass is 10.0. The standard InChI is InChI=1S/C20H12FN3O4/c1-11-6-7-13-14(8-11)20(22-17-5-3-2-4-16(17)21)15-9-12(23(25)26)10-18(19(13)15)24(27)28/h2-10H,1H3. The molecule has 0 saturated carbocycles. The van der Waals surface area contributed by atoms with Gasteiger partial charge in [-0.05, 0) is 30.7 Å². The Morgan fingerprint density at radius 2 is 1.64 bits per heavy atom. The zero-order valence-electron chi connectivity index (χ0n) is 14.5. The number of hydrogen-bond acceptors (Lipinski definition) is 5. The van der Waals surface area contributed by atoms with Crippen LogP contribution in [0.4, 0.5) is 21.5 Å². The third-order valence-electron chi connectivity index (χ3n) is 4.55. The van der Waals surface area contributed by atoms with Crippen molar-refractivity contribution in [2.75, 3.05) is 0 Å². The molecule has 3 aromatic rings. The number of hydrogen-bond donors (Lipinski definition) is 0. The molecule has 0 radical (unpaired) electrons. The average molecular weight is 377 g/mol. The summed E-state index contributed by atoms with van der Waals surface area (Å²) in [7, 11) is 0. The molecule has 7 nitrogen and oxygen atoms in total. The minimum Gasteiger partial charge on any atom is -0.258 e. The fraction of sp³-hybridized carbons (Fsp3) is 0.0500. The van der Waals surface area contributed by atoms with E-state index in [1.165, 1.54) is 24.3 Å². The van der Waals surface area contributed by atoms with E-state index < -0.39 is 21.4 Å². The molecule has 8 heteroatoms. The van der Waals surface area contributed by atoms with E-state index in [4.69, 9.17) is 0 Å². The molecule has 0 atom stereocenters. The van der Waals surface area contributed by atoms with Crippen molar-refractivity contribution in [3.63, 3.8) is 0 Å². The number of para-hydroxylation sites is 1. The van der Waals surface area contributed by atoms with E-state index in [2.05, 4.69) is 4.99 Å². The number of non-ortho nitro benzene ring substituents is 1. The van der Waals surface area contributed by atoms with Crippen LogP contribution in [0.1, 0.15) is 16.7 Å². The number of halogens is 1. The van der Waals surface area contributed by atoms with Gasteiger partial charge in [-0.3, -0.25) is 20.2 Å². The quantitative estimate of drug-likeness (QED) is 0.366. The van der Waals surface area contributed by atoms with E-state index in [0.29, 0.717) is 11.1 Å². The van der Waals surface area contributed by atoms with Gasteiger partial charge in [0.2, 0.25) is 0 Å². The topological polar surface area (TPSA) is 98.6 Å². The lowest BCUT2D eigenvalue weighted by Gasteiger charge is -2.04. The molecular weight excluding hydrogens is 365 g/mol. The maximum atomic E-state index is 14.2. The van der Waals surface area contributed by atoms with Crippen LogP contribution in [0.5, 0.6) is 0 Å². The molecule has 138 valence electrons. The Morgan fingerprint density at radius 3 is 2.32 bits per heavy atom. The lowest BCUT2D eigenvalue weighted by molar-refractivity contribution is -0.393. The highest BCUT2D eigenvalue weighted by Gasteiger charge is 2.35. The first-order chi connectivity index (χ1) is 13.4. The molecule has 0 bridgehead atoms. The molecule has 1 aliphatic rings. The second-order valence-electron chi connectivity index (χ2n) is 6.36. The first kappa shape index (κ1) is 17.5. The van der Waals surface area contributed by atoms with Gasteiger partial charge in [0, 0.05) is 17.2 Å². The van der Waals surface area contributed by atoms with Gasteiger partial charge in [-0.25, -0.2) is 9.38 Å². The summed E-state index contributed by atoms with van der Waals surface area (Å²) in [5, 5.41) is 22.9. The third-order valence-corrected chi connectivity index (χ3v) is 4.55. The Balaban J connectivity index is 2.10. The van der Waals surface area contributed by atoms with Crippen molar-refractivity contribution < 1.29 is 14.2 Å². The minimum absolute atomic E-state index is 0.0481. The van der Waals surface area contributed by atoms with Crippen molar-refractivity contribution in [2.45, 2.75) is 6.92 Å². The number of aryl methyl sites for hydroxylation is 1. The van der Waals surface area contributed by atoms with Crippen LogP contribution >= 0.6 is 0 Å². The Hall–Kier alpha value is -3.94. The number of nitro benzene ring substituents is 2. The highest BCUT2D eigenvalue weighted by atomic mass is 19.1. The van der Waals surface area contributed by atoms with Crippen molar-refractivity contribution in [2.24, 2.45) is 4.99 Å². The Kier molecular flexibility index (Phi) is 3.96. The number of nitro groups is 2. The van der Waals surface area contributed by atoms with Gasteiger partial charge >= 0.3 is 0 Å². The zero-order valence-corrected chi connectivity index (χ0v) is 14.5. The number of rotatable bonds is 3. The number of aliphatic imine (C=N–C) groups is 1. The fourth-order valence-electron chi connectivity index (χ4n) is 3.33. The molecule has 1 aliphatic carbocycles. The molecular formula is C20H12FN3O4. The van der Waals surface area contributed by atoms with Crippen LogP contribution < -0.4 is 0 Å². The van der Waals surface area contributed by atoms with Gasteiger partial charge < -0.3 is 0 Å². The SMILES string of the molecule is Cc1ccc2c(c1)C(=Nc1ccccc1F)c1cc([N+](=O)[O-])cc([N+](=O)[O-])c1-2. The fourth-order valence-corrected chi connectivity index (χ4v) is 3.33. The van der Waals surface area contributed by atoms with Crippen LogP contribution in [-0.2, 0) is 0 Å². The van der Waals surface area contributed by atoms with E-state index in [1.807, 2.05) is 6.92 Å². The smallest absolute Gasteiger partial charge is 0.258 e. The number of benzene rings is 3. The third kappa shape index (κ3) is 2.71. The van der Waals surface area contributed by atoms with E-state index in [1.54, 1.807) is 24.3 Å². The zero-order chi connectivity index (χ0) is 20.0. The van der Waals surface area contributed by atoms with E-state index in [0.717, 1.165) is 11.6 Å². The first-order valence-electron chi connectivity index (χ1n) is 8.28. The number of nitrogens with zero attached hydrogens (tertiary/aromatic N) is 3. The summed E-state index contributed by atoms with van der Waals surface area (Å²) in [4.78, 5) is 26.0. The van der Waals surface area contributed by atoms with Gasteiger partial charge in [0.25, 0.3) is 11.4 Å². The minimum atomic E-state index is -0.692. The summed E-state index contributed by atoms with van der Waals surface area (Å²) in [6, 6.07) is 13.3. The number of fused-ring (bicyclic) bond motifs is 3. The van der Waals surface area contributed by atoms with Crippen LogP contribution in [0.3, 0.4) is 0 Å². The van der Waals surface area contributed by atoms with Crippen molar-refractivity contribution >= 4 is 22.8 Å². The predicted octanol–water partition coefficient (Wildman–Crippen LogP) is 5.10. The van der Waals surface area contributed by atoms with Crippen LogP contribution in [0.25, 0.3) is 11.1 Å². The summed E-state index contributed by atoms with van der Waals surface area (Å²) >= 11 is 0. The van der Waals surface area contributed by atoms with Gasteiger partial charge in [0.05, 0.1) is 32.9 Å². The monoisotopic (exact) mass is 377 g/mol. The molecule has 0 aromatic heterocycles. The van der Waals surface area contributed by atoms with Gasteiger partial charge in [-0.1, -0.05) is 29.8 Å². The highest BCUT2D eigenvalue weighted by Crippen LogP contribution is 2.45. The van der Waals surface area contributed by atoms with Crippen molar-refractivity contribution in [3.05, 3.63) is 97.3 Å². The van der Waals surface area contributed by atoms with Gasteiger partial charge in [0.1, 0.15) is 5.82 Å². The molecule has 0 unspecified atom stereocenters. The summed E-state index contributed by atoms with van der Waals surface area (Å²) in [5.41, 5.74) is 2.00. The van der Waals surface area contributed by atoms with Crippen molar-refractivity contribution in [1.82, 2.24) is 0 Å². The summed E-state index contributed by atoms with van der Waals surface area (Å²) in [6.45, 7) is 1.85. The predicted molar refractivity (Wildman–Crippen MR) is 102 cm³/mol. The molecule has 0 N–H and O–H groups in total. The van der Waals surface area contributed by atoms with Crippen LogP contribution in [0.15, 0.2) is 59.6 Å². The molecule has 0 saturated heterocycles. The van der Waals surface area contributed by atoms with E-state index in [-0.39, 0.29) is 28.2 Å². The Morgan fingerprint density at radius 1 is 0.893 bits per heavy atom. The molecule has 0 fully saturated rings. The van der Waals surface area contributed by atoms with Gasteiger partial charge in [-0.15, -0.1) is 0 Å². The largest absolute Gasteiger partial charge is 0.284 e. The van der Waals surface area contributed by atoms with Crippen molar-refractivity contribution in [1.29, 1.82) is 0 Å².